The zero-order valence-electron chi connectivity index (χ0n) is 15.3. The second-order valence-corrected chi connectivity index (χ2v) is 8.09. The molecule has 5 rings (SSSR count). The van der Waals surface area contributed by atoms with Crippen LogP contribution in [0.2, 0.25) is 0 Å². The van der Waals surface area contributed by atoms with E-state index in [1.54, 1.807) is 0 Å². The van der Waals surface area contributed by atoms with E-state index >= 15 is 0 Å². The van der Waals surface area contributed by atoms with Gasteiger partial charge in [0.2, 0.25) is 0 Å². The van der Waals surface area contributed by atoms with Crippen LogP contribution in [0.25, 0.3) is 22.4 Å². The van der Waals surface area contributed by atoms with Gasteiger partial charge in [-0.05, 0) is 50.4 Å². The lowest BCUT2D eigenvalue weighted by atomic mass is 10.0. The maximum absolute atomic E-state index is 5.52. The van der Waals surface area contributed by atoms with E-state index in [1.165, 1.54) is 42.5 Å². The molecule has 7 heteroatoms. The van der Waals surface area contributed by atoms with Crippen LogP contribution in [0.1, 0.15) is 68.7 Å². The molecule has 136 valence electrons. The molecule has 0 aliphatic heterocycles. The number of fused-ring (bicyclic) bond motifs is 1. The third-order valence-electron chi connectivity index (χ3n) is 5.53. The maximum Gasteiger partial charge on any atom is 0.195 e. The van der Waals surface area contributed by atoms with Gasteiger partial charge in [0, 0.05) is 36.7 Å². The molecule has 2 fully saturated rings. The summed E-state index contributed by atoms with van der Waals surface area (Å²) >= 11 is 5.52. The van der Waals surface area contributed by atoms with E-state index in [0.29, 0.717) is 16.6 Å². The highest BCUT2D eigenvalue weighted by molar-refractivity contribution is 7.71. The van der Waals surface area contributed by atoms with Crippen LogP contribution in [0.5, 0.6) is 0 Å². The number of aryl methyl sites for hydroxylation is 1. The third-order valence-corrected chi connectivity index (χ3v) is 5.85. The van der Waals surface area contributed by atoms with Gasteiger partial charge >= 0.3 is 0 Å². The zero-order chi connectivity index (χ0) is 17.8. The van der Waals surface area contributed by atoms with Crippen LogP contribution in [-0.4, -0.2) is 29.5 Å². The molecular formula is C19H24N6S. The number of H-pyrrole nitrogens is 1. The largest absolute Gasteiger partial charge is 0.300 e. The van der Waals surface area contributed by atoms with Crippen LogP contribution in [0.15, 0.2) is 6.07 Å². The van der Waals surface area contributed by atoms with Crippen molar-refractivity contribution < 1.29 is 0 Å². The van der Waals surface area contributed by atoms with Crippen LogP contribution in [0, 0.1) is 4.77 Å². The monoisotopic (exact) mass is 368 g/mol. The quantitative estimate of drug-likeness (QED) is 0.653. The van der Waals surface area contributed by atoms with Gasteiger partial charge in [0.1, 0.15) is 0 Å². The van der Waals surface area contributed by atoms with Gasteiger partial charge < -0.3 is 4.57 Å². The predicted molar refractivity (Wildman–Crippen MR) is 104 cm³/mol. The Morgan fingerprint density at radius 1 is 1.23 bits per heavy atom. The van der Waals surface area contributed by atoms with Gasteiger partial charge in [-0.15, -0.1) is 0 Å². The van der Waals surface area contributed by atoms with Gasteiger partial charge in [0.25, 0.3) is 0 Å². The Morgan fingerprint density at radius 2 is 2.00 bits per heavy atom. The average molecular weight is 369 g/mol. The molecule has 3 heterocycles. The molecule has 0 amide bonds. The lowest BCUT2D eigenvalue weighted by molar-refractivity contribution is 0.629. The minimum Gasteiger partial charge on any atom is -0.300 e. The van der Waals surface area contributed by atoms with Gasteiger partial charge in [-0.1, -0.05) is 13.3 Å². The molecule has 0 unspecified atom stereocenters. The summed E-state index contributed by atoms with van der Waals surface area (Å²) in [5.41, 5.74) is 4.50. The summed E-state index contributed by atoms with van der Waals surface area (Å²) in [5.74, 6) is 2.09. The molecule has 0 spiro atoms. The van der Waals surface area contributed by atoms with Crippen molar-refractivity contribution in [1.82, 2.24) is 29.5 Å². The minimum absolute atomic E-state index is 0.567. The first-order chi connectivity index (χ1) is 12.7. The molecule has 0 bridgehead atoms. The fraction of sp³-hybridized carbons (Fsp3) is 0.579. The summed E-state index contributed by atoms with van der Waals surface area (Å²) in [4.78, 5) is 4.98. The van der Waals surface area contributed by atoms with E-state index in [-0.39, 0.29) is 0 Å². The summed E-state index contributed by atoms with van der Waals surface area (Å²) in [6.07, 6.45) is 7.12. The topological polar surface area (TPSA) is 64.3 Å². The van der Waals surface area contributed by atoms with E-state index in [9.17, 15) is 0 Å². The summed E-state index contributed by atoms with van der Waals surface area (Å²) in [5, 5.41) is 13.6. The number of pyridine rings is 1. The van der Waals surface area contributed by atoms with Gasteiger partial charge in [0.15, 0.2) is 16.2 Å². The van der Waals surface area contributed by atoms with Crippen LogP contribution >= 0.6 is 12.2 Å². The van der Waals surface area contributed by atoms with Crippen LogP contribution in [0.3, 0.4) is 0 Å². The van der Waals surface area contributed by atoms with Crippen molar-refractivity contribution in [3.05, 3.63) is 22.2 Å². The fourth-order valence-corrected chi connectivity index (χ4v) is 3.97. The Bertz CT molecular complexity index is 1030. The average Bonchev–Trinajstić information content (AvgIpc) is 3.56. The molecule has 2 saturated carbocycles. The number of hydrogen-bond donors (Lipinski definition) is 1. The van der Waals surface area contributed by atoms with Gasteiger partial charge in [-0.3, -0.25) is 9.78 Å². The number of nitrogens with zero attached hydrogens (tertiary/aromatic N) is 5. The second kappa shape index (κ2) is 6.01. The summed E-state index contributed by atoms with van der Waals surface area (Å²) in [7, 11) is 2.01. The van der Waals surface area contributed by atoms with Gasteiger partial charge in [0.05, 0.1) is 11.1 Å². The number of hydrogen-bond acceptors (Lipinski definition) is 4. The zero-order valence-corrected chi connectivity index (χ0v) is 16.1. The van der Waals surface area contributed by atoms with Crippen molar-refractivity contribution in [1.29, 1.82) is 0 Å². The van der Waals surface area contributed by atoms with Crippen molar-refractivity contribution in [3.8, 4) is 11.4 Å². The number of rotatable bonds is 6. The summed E-state index contributed by atoms with van der Waals surface area (Å²) in [6.45, 7) is 3.09. The number of unbranched alkanes of at least 4 members (excludes halogenated alkanes) is 1. The second-order valence-electron chi connectivity index (χ2n) is 7.71. The minimum atomic E-state index is 0.567. The number of nitrogens with one attached hydrogen (secondary N) is 1. The molecule has 0 radical (unpaired) electrons. The molecule has 3 aromatic rings. The highest BCUT2D eigenvalue weighted by Crippen LogP contribution is 2.46. The number of aromatic nitrogens is 6. The Labute approximate surface area is 157 Å². The maximum atomic E-state index is 5.52. The lowest BCUT2D eigenvalue weighted by Gasteiger charge is -2.10. The first-order valence-electron chi connectivity index (χ1n) is 9.70. The first kappa shape index (κ1) is 16.2. The van der Waals surface area contributed by atoms with Crippen LogP contribution < -0.4 is 0 Å². The SMILES string of the molecule is CCCCn1c(-c2cc(C3CC3)nc3c2c(C2CC2)nn3C)n[nH]c1=S. The number of aromatic amines is 1. The highest BCUT2D eigenvalue weighted by Gasteiger charge is 2.33. The van der Waals surface area contributed by atoms with Crippen molar-refractivity contribution in [2.24, 2.45) is 7.05 Å². The molecule has 26 heavy (non-hydrogen) atoms. The van der Waals surface area contributed by atoms with Crippen molar-refractivity contribution >= 4 is 23.3 Å². The van der Waals surface area contributed by atoms with Crippen molar-refractivity contribution in [3.63, 3.8) is 0 Å². The standard InChI is InChI=1S/C19H24N6S/c1-3-4-9-25-17(21-22-19(25)26)13-10-14(11-5-6-11)20-18-15(13)16(12-7-8-12)23-24(18)2/h10-12H,3-9H2,1-2H3,(H,22,26). The van der Waals surface area contributed by atoms with E-state index in [4.69, 9.17) is 22.3 Å². The van der Waals surface area contributed by atoms with Gasteiger partial charge in [-0.2, -0.15) is 10.2 Å². The van der Waals surface area contributed by atoms with Crippen molar-refractivity contribution in [2.75, 3.05) is 0 Å². The smallest absolute Gasteiger partial charge is 0.195 e. The Balaban J connectivity index is 1.77. The Morgan fingerprint density at radius 3 is 2.69 bits per heavy atom. The first-order valence-corrected chi connectivity index (χ1v) is 10.1. The van der Waals surface area contributed by atoms with Crippen molar-refractivity contribution in [2.45, 2.75) is 63.8 Å². The molecular weight excluding hydrogens is 344 g/mol. The fourth-order valence-electron chi connectivity index (χ4n) is 3.75. The summed E-state index contributed by atoms with van der Waals surface area (Å²) < 4.78 is 4.80. The van der Waals surface area contributed by atoms with Gasteiger partial charge in [-0.25, -0.2) is 4.98 Å². The molecule has 0 atom stereocenters. The van der Waals surface area contributed by atoms with Crippen LogP contribution in [-0.2, 0) is 13.6 Å². The predicted octanol–water partition coefficient (Wildman–Crippen LogP) is 4.44. The molecule has 6 nitrogen and oxygen atoms in total. The molecule has 0 saturated heterocycles. The lowest BCUT2D eigenvalue weighted by Crippen LogP contribution is -2.03. The molecule has 0 aromatic carbocycles. The van der Waals surface area contributed by atoms with Crippen LogP contribution in [0.4, 0.5) is 0 Å². The van der Waals surface area contributed by atoms with E-state index in [2.05, 4.69) is 27.8 Å². The Kier molecular flexibility index (Phi) is 3.74. The molecule has 2 aliphatic carbocycles. The van der Waals surface area contributed by atoms with E-state index in [0.717, 1.165) is 36.4 Å². The molecule has 3 aromatic heterocycles. The molecule has 1 N–H and O–H groups in total. The third kappa shape index (κ3) is 2.60. The summed E-state index contributed by atoms with van der Waals surface area (Å²) in [6, 6.07) is 2.25. The Hall–Kier alpha value is -2.02. The highest BCUT2D eigenvalue weighted by atomic mass is 32.1. The van der Waals surface area contributed by atoms with E-state index in [1.807, 2.05) is 11.7 Å². The molecule has 2 aliphatic rings. The van der Waals surface area contributed by atoms with E-state index < -0.39 is 0 Å². The normalized spacial score (nSPS) is 17.3.